The summed E-state index contributed by atoms with van der Waals surface area (Å²) in [4.78, 5) is 8.78. The fourth-order valence-electron chi connectivity index (χ4n) is 2.94. The van der Waals surface area contributed by atoms with Gasteiger partial charge in [0.25, 0.3) is 0 Å². The van der Waals surface area contributed by atoms with Crippen molar-refractivity contribution in [2.24, 2.45) is 0 Å². The molecule has 0 saturated heterocycles. The molecule has 1 aromatic heterocycles. The quantitative estimate of drug-likeness (QED) is 0.827. The van der Waals surface area contributed by atoms with E-state index in [1.165, 1.54) is 38.5 Å². The van der Waals surface area contributed by atoms with Crippen LogP contribution in [0.25, 0.3) is 0 Å². The van der Waals surface area contributed by atoms with Crippen LogP contribution in [0.4, 0.5) is 17.5 Å². The maximum absolute atomic E-state index is 9.15. The summed E-state index contributed by atoms with van der Waals surface area (Å²) in [5, 5.41) is 15.8. The summed E-state index contributed by atoms with van der Waals surface area (Å²) in [7, 11) is 0. The van der Waals surface area contributed by atoms with Crippen LogP contribution in [0.1, 0.15) is 44.1 Å². The van der Waals surface area contributed by atoms with Crippen LogP contribution < -0.4 is 10.6 Å². The summed E-state index contributed by atoms with van der Waals surface area (Å²) in [6.07, 6.45) is 9.36. The van der Waals surface area contributed by atoms with Crippen LogP contribution in [0.15, 0.2) is 36.5 Å². The molecule has 5 heteroatoms. The summed E-state index contributed by atoms with van der Waals surface area (Å²) in [6.45, 7) is 0. The number of rotatable bonds is 4. The normalized spacial score (nSPS) is 15.4. The van der Waals surface area contributed by atoms with Crippen LogP contribution in [0, 0.1) is 11.3 Å². The molecule has 0 spiro atoms. The maximum atomic E-state index is 9.15. The summed E-state index contributed by atoms with van der Waals surface area (Å²) in [5.74, 6) is 1.34. The SMILES string of the molecule is N#Cc1ccccc1Nc1nccc(NC2CCCCCC2)n1. The third kappa shape index (κ3) is 4.19. The Bertz CT molecular complexity index is 684. The van der Waals surface area contributed by atoms with Gasteiger partial charge in [-0.05, 0) is 31.0 Å². The molecule has 1 aromatic carbocycles. The molecule has 118 valence electrons. The lowest BCUT2D eigenvalue weighted by Gasteiger charge is -2.17. The van der Waals surface area contributed by atoms with Crippen molar-refractivity contribution < 1.29 is 0 Å². The fourth-order valence-corrected chi connectivity index (χ4v) is 2.94. The Labute approximate surface area is 136 Å². The van der Waals surface area contributed by atoms with E-state index >= 15 is 0 Å². The smallest absolute Gasteiger partial charge is 0.229 e. The van der Waals surface area contributed by atoms with Gasteiger partial charge in [0.1, 0.15) is 11.9 Å². The standard InChI is InChI=1S/C18H21N5/c19-13-14-7-5-6-10-16(14)22-18-20-12-11-17(23-18)21-15-8-3-1-2-4-9-15/h5-7,10-12,15H,1-4,8-9H2,(H2,20,21,22,23). The lowest BCUT2D eigenvalue weighted by Crippen LogP contribution is -2.19. The number of anilines is 3. The molecule has 2 aromatic rings. The van der Waals surface area contributed by atoms with Crippen molar-refractivity contribution in [1.82, 2.24) is 9.97 Å². The van der Waals surface area contributed by atoms with E-state index < -0.39 is 0 Å². The van der Waals surface area contributed by atoms with Gasteiger partial charge in [-0.2, -0.15) is 10.2 Å². The molecule has 1 fully saturated rings. The Morgan fingerprint density at radius 3 is 2.61 bits per heavy atom. The molecule has 2 N–H and O–H groups in total. The van der Waals surface area contributed by atoms with Crippen LogP contribution in [0.5, 0.6) is 0 Å². The Hall–Kier alpha value is -2.61. The van der Waals surface area contributed by atoms with Crippen molar-refractivity contribution in [3.63, 3.8) is 0 Å². The van der Waals surface area contributed by atoms with Gasteiger partial charge in [-0.3, -0.25) is 0 Å². The first kappa shape index (κ1) is 15.3. The summed E-state index contributed by atoms with van der Waals surface area (Å²) in [5.41, 5.74) is 1.31. The van der Waals surface area contributed by atoms with Crippen LogP contribution in [0.3, 0.4) is 0 Å². The zero-order valence-corrected chi connectivity index (χ0v) is 13.1. The Balaban J connectivity index is 1.71. The molecule has 0 unspecified atom stereocenters. The molecule has 23 heavy (non-hydrogen) atoms. The number of nitrogens with zero attached hydrogens (tertiary/aromatic N) is 3. The van der Waals surface area contributed by atoms with Crippen LogP contribution in [-0.2, 0) is 0 Å². The molecule has 0 atom stereocenters. The van der Waals surface area contributed by atoms with Crippen molar-refractivity contribution >= 4 is 17.5 Å². The van der Waals surface area contributed by atoms with Gasteiger partial charge in [-0.1, -0.05) is 37.8 Å². The fraction of sp³-hybridized carbons (Fsp3) is 0.389. The van der Waals surface area contributed by atoms with Gasteiger partial charge in [0, 0.05) is 12.2 Å². The topological polar surface area (TPSA) is 73.6 Å². The highest BCUT2D eigenvalue weighted by Crippen LogP contribution is 2.22. The molecule has 5 nitrogen and oxygen atoms in total. The van der Waals surface area contributed by atoms with E-state index in [0.29, 0.717) is 17.6 Å². The second-order valence-electron chi connectivity index (χ2n) is 5.88. The minimum atomic E-state index is 0.492. The monoisotopic (exact) mass is 307 g/mol. The molecular weight excluding hydrogens is 286 g/mol. The number of hydrogen-bond acceptors (Lipinski definition) is 5. The van der Waals surface area contributed by atoms with Gasteiger partial charge < -0.3 is 10.6 Å². The summed E-state index contributed by atoms with van der Waals surface area (Å²) < 4.78 is 0. The first-order valence-electron chi connectivity index (χ1n) is 8.21. The lowest BCUT2D eigenvalue weighted by molar-refractivity contribution is 0.617. The van der Waals surface area contributed by atoms with E-state index in [4.69, 9.17) is 5.26 Å². The molecule has 1 aliphatic carbocycles. The van der Waals surface area contributed by atoms with Crippen LogP contribution in [-0.4, -0.2) is 16.0 Å². The van der Waals surface area contributed by atoms with Crippen molar-refractivity contribution in [3.05, 3.63) is 42.1 Å². The van der Waals surface area contributed by atoms with Crippen molar-refractivity contribution in [2.75, 3.05) is 10.6 Å². The van der Waals surface area contributed by atoms with E-state index in [1.54, 1.807) is 12.3 Å². The molecule has 0 radical (unpaired) electrons. The molecule has 3 rings (SSSR count). The summed E-state index contributed by atoms with van der Waals surface area (Å²) >= 11 is 0. The maximum Gasteiger partial charge on any atom is 0.229 e. The van der Waals surface area contributed by atoms with E-state index in [-0.39, 0.29) is 0 Å². The van der Waals surface area contributed by atoms with E-state index in [1.807, 2.05) is 24.3 Å². The van der Waals surface area contributed by atoms with Gasteiger partial charge in [-0.15, -0.1) is 0 Å². The predicted molar refractivity (Wildman–Crippen MR) is 91.6 cm³/mol. The predicted octanol–water partition coefficient (Wildman–Crippen LogP) is 4.23. The average molecular weight is 307 g/mol. The number of nitrogens with one attached hydrogen (secondary N) is 2. The van der Waals surface area contributed by atoms with Gasteiger partial charge in [-0.25, -0.2) is 4.98 Å². The third-order valence-corrected chi connectivity index (χ3v) is 4.16. The number of benzene rings is 1. The van der Waals surface area contributed by atoms with Crippen LogP contribution >= 0.6 is 0 Å². The molecule has 1 aliphatic rings. The zero-order chi connectivity index (χ0) is 15.9. The van der Waals surface area contributed by atoms with Crippen molar-refractivity contribution in [2.45, 2.75) is 44.6 Å². The zero-order valence-electron chi connectivity index (χ0n) is 13.1. The van der Waals surface area contributed by atoms with E-state index in [9.17, 15) is 0 Å². The van der Waals surface area contributed by atoms with Gasteiger partial charge in [0.05, 0.1) is 11.3 Å². The highest BCUT2D eigenvalue weighted by molar-refractivity contribution is 5.63. The Morgan fingerprint density at radius 2 is 1.83 bits per heavy atom. The van der Waals surface area contributed by atoms with Crippen molar-refractivity contribution in [1.29, 1.82) is 5.26 Å². The molecule has 0 bridgehead atoms. The molecular formula is C18H21N5. The molecule has 1 heterocycles. The number of hydrogen-bond donors (Lipinski definition) is 2. The van der Waals surface area contributed by atoms with Gasteiger partial charge in [0.15, 0.2) is 0 Å². The minimum Gasteiger partial charge on any atom is -0.367 e. The van der Waals surface area contributed by atoms with Gasteiger partial charge in [0.2, 0.25) is 5.95 Å². The number of para-hydroxylation sites is 1. The second-order valence-corrected chi connectivity index (χ2v) is 5.88. The van der Waals surface area contributed by atoms with Crippen LogP contribution in [0.2, 0.25) is 0 Å². The largest absolute Gasteiger partial charge is 0.367 e. The third-order valence-electron chi connectivity index (χ3n) is 4.16. The summed E-state index contributed by atoms with van der Waals surface area (Å²) in [6, 6.07) is 11.9. The highest BCUT2D eigenvalue weighted by atomic mass is 15.1. The lowest BCUT2D eigenvalue weighted by atomic mass is 10.1. The van der Waals surface area contributed by atoms with Gasteiger partial charge >= 0.3 is 0 Å². The average Bonchev–Trinajstić information content (AvgIpc) is 2.84. The van der Waals surface area contributed by atoms with Crippen molar-refractivity contribution in [3.8, 4) is 6.07 Å². The number of nitriles is 1. The number of aromatic nitrogens is 2. The molecule has 0 amide bonds. The first-order chi connectivity index (χ1) is 11.3. The van der Waals surface area contributed by atoms with E-state index in [2.05, 4.69) is 26.7 Å². The second kappa shape index (κ2) is 7.59. The Morgan fingerprint density at radius 1 is 1.04 bits per heavy atom. The highest BCUT2D eigenvalue weighted by Gasteiger charge is 2.13. The molecule has 0 aliphatic heterocycles. The first-order valence-corrected chi connectivity index (χ1v) is 8.21. The minimum absolute atomic E-state index is 0.492. The Kier molecular flexibility index (Phi) is 5.05. The molecule has 1 saturated carbocycles. The van der Waals surface area contributed by atoms with E-state index in [0.717, 1.165) is 11.5 Å².